The average molecular weight is 315 g/mol. The molecule has 1 N–H and O–H groups in total. The lowest BCUT2D eigenvalue weighted by atomic mass is 10.0. The molecular formula is C18H21NO4. The zero-order valence-corrected chi connectivity index (χ0v) is 13.2. The molecule has 0 radical (unpaired) electrons. The van der Waals surface area contributed by atoms with Crippen molar-refractivity contribution in [3.05, 3.63) is 42.0 Å². The first kappa shape index (κ1) is 15.8. The van der Waals surface area contributed by atoms with E-state index in [-0.39, 0.29) is 12.5 Å². The molecule has 3 rings (SSSR count). The molecule has 0 aromatic heterocycles. The van der Waals surface area contributed by atoms with Gasteiger partial charge in [-0.2, -0.15) is 0 Å². The van der Waals surface area contributed by atoms with Crippen molar-refractivity contribution >= 4 is 16.7 Å². The second kappa shape index (κ2) is 6.98. The SMILES string of the molecule is COc1ccc2ccccc2c1CN1CCOCC1CC(=O)O. The number of methoxy groups -OCH3 is 1. The van der Waals surface area contributed by atoms with E-state index in [0.29, 0.717) is 19.8 Å². The minimum Gasteiger partial charge on any atom is -0.496 e. The third-order valence-corrected chi connectivity index (χ3v) is 4.34. The Morgan fingerprint density at radius 1 is 1.35 bits per heavy atom. The summed E-state index contributed by atoms with van der Waals surface area (Å²) in [6, 6.07) is 12.1. The lowest BCUT2D eigenvalue weighted by Gasteiger charge is -2.35. The Morgan fingerprint density at radius 2 is 2.17 bits per heavy atom. The molecule has 0 spiro atoms. The van der Waals surface area contributed by atoms with Crippen LogP contribution in [0.3, 0.4) is 0 Å². The van der Waals surface area contributed by atoms with Crippen molar-refractivity contribution in [1.29, 1.82) is 0 Å². The number of hydrogen-bond donors (Lipinski definition) is 1. The van der Waals surface area contributed by atoms with Gasteiger partial charge in [0, 0.05) is 24.7 Å². The number of benzene rings is 2. The Balaban J connectivity index is 1.94. The number of carboxylic acids is 1. The number of fused-ring (bicyclic) bond motifs is 1. The first-order chi connectivity index (χ1) is 11.2. The maximum atomic E-state index is 11.1. The largest absolute Gasteiger partial charge is 0.496 e. The van der Waals surface area contributed by atoms with E-state index in [9.17, 15) is 4.79 Å². The van der Waals surface area contributed by atoms with E-state index in [1.165, 1.54) is 0 Å². The highest BCUT2D eigenvalue weighted by molar-refractivity contribution is 5.87. The van der Waals surface area contributed by atoms with Gasteiger partial charge in [0.25, 0.3) is 0 Å². The standard InChI is InChI=1S/C18H21NO4/c1-22-17-7-6-13-4-2-3-5-15(13)16(17)11-19-8-9-23-12-14(19)10-18(20)21/h2-7,14H,8-12H2,1H3,(H,20,21). The lowest BCUT2D eigenvalue weighted by molar-refractivity contribution is -0.140. The monoisotopic (exact) mass is 315 g/mol. The van der Waals surface area contributed by atoms with Crippen molar-refractivity contribution in [2.75, 3.05) is 26.9 Å². The minimum atomic E-state index is -0.796. The Bertz CT molecular complexity index is 700. The van der Waals surface area contributed by atoms with E-state index in [2.05, 4.69) is 17.0 Å². The van der Waals surface area contributed by atoms with Crippen molar-refractivity contribution in [2.24, 2.45) is 0 Å². The first-order valence-corrected chi connectivity index (χ1v) is 7.77. The fourth-order valence-corrected chi connectivity index (χ4v) is 3.16. The number of hydrogen-bond acceptors (Lipinski definition) is 4. The molecule has 2 aromatic carbocycles. The summed E-state index contributed by atoms with van der Waals surface area (Å²) in [6.07, 6.45) is 0.0904. The molecule has 0 aliphatic carbocycles. The number of ether oxygens (including phenoxy) is 2. The van der Waals surface area contributed by atoms with Crippen LogP contribution in [0.4, 0.5) is 0 Å². The van der Waals surface area contributed by atoms with Crippen LogP contribution in [0, 0.1) is 0 Å². The highest BCUT2D eigenvalue weighted by Gasteiger charge is 2.26. The van der Waals surface area contributed by atoms with Gasteiger partial charge in [-0.25, -0.2) is 0 Å². The van der Waals surface area contributed by atoms with Gasteiger partial charge in [0.1, 0.15) is 5.75 Å². The number of morpholine rings is 1. The quantitative estimate of drug-likeness (QED) is 0.919. The van der Waals surface area contributed by atoms with Crippen molar-refractivity contribution in [3.63, 3.8) is 0 Å². The molecule has 1 unspecified atom stereocenters. The molecule has 1 atom stereocenters. The smallest absolute Gasteiger partial charge is 0.305 e. The second-order valence-electron chi connectivity index (χ2n) is 5.76. The number of aliphatic carboxylic acids is 1. The molecule has 5 heteroatoms. The van der Waals surface area contributed by atoms with Gasteiger partial charge < -0.3 is 14.6 Å². The van der Waals surface area contributed by atoms with Gasteiger partial charge in [-0.05, 0) is 16.8 Å². The third-order valence-electron chi connectivity index (χ3n) is 4.34. The van der Waals surface area contributed by atoms with Crippen molar-refractivity contribution in [3.8, 4) is 5.75 Å². The topological polar surface area (TPSA) is 59.0 Å². The Hall–Kier alpha value is -2.11. The molecule has 1 saturated heterocycles. The van der Waals surface area contributed by atoms with E-state index in [1.807, 2.05) is 24.3 Å². The zero-order chi connectivity index (χ0) is 16.2. The van der Waals surface area contributed by atoms with Gasteiger partial charge in [0.05, 0.1) is 26.7 Å². The fourth-order valence-electron chi connectivity index (χ4n) is 3.16. The molecule has 1 fully saturated rings. The Morgan fingerprint density at radius 3 is 2.96 bits per heavy atom. The molecule has 122 valence electrons. The van der Waals surface area contributed by atoms with Crippen LogP contribution in [-0.2, 0) is 16.1 Å². The molecule has 1 aliphatic heterocycles. The molecular weight excluding hydrogens is 294 g/mol. The number of nitrogens with zero attached hydrogens (tertiary/aromatic N) is 1. The summed E-state index contributed by atoms with van der Waals surface area (Å²) in [5.74, 6) is 0.0413. The summed E-state index contributed by atoms with van der Waals surface area (Å²) in [6.45, 7) is 2.47. The molecule has 1 aliphatic rings. The molecule has 0 saturated carbocycles. The molecule has 0 amide bonds. The summed E-state index contributed by atoms with van der Waals surface area (Å²) in [7, 11) is 1.67. The van der Waals surface area contributed by atoms with Gasteiger partial charge in [0.2, 0.25) is 0 Å². The summed E-state index contributed by atoms with van der Waals surface area (Å²) < 4.78 is 11.0. The van der Waals surface area contributed by atoms with Crippen LogP contribution >= 0.6 is 0 Å². The molecule has 5 nitrogen and oxygen atoms in total. The maximum absolute atomic E-state index is 11.1. The second-order valence-corrected chi connectivity index (χ2v) is 5.76. The number of rotatable bonds is 5. The van der Waals surface area contributed by atoms with Crippen molar-refractivity contribution < 1.29 is 19.4 Å². The fraction of sp³-hybridized carbons (Fsp3) is 0.389. The Labute approximate surface area is 135 Å². The molecule has 1 heterocycles. The van der Waals surface area contributed by atoms with Gasteiger partial charge in [-0.3, -0.25) is 9.69 Å². The van der Waals surface area contributed by atoms with Crippen LogP contribution in [0.5, 0.6) is 5.75 Å². The minimum absolute atomic E-state index is 0.0904. The summed E-state index contributed by atoms with van der Waals surface area (Å²) >= 11 is 0. The predicted octanol–water partition coefficient (Wildman–Crippen LogP) is 2.52. The van der Waals surface area contributed by atoms with E-state index >= 15 is 0 Å². The third kappa shape index (κ3) is 3.46. The van der Waals surface area contributed by atoms with E-state index in [0.717, 1.165) is 28.6 Å². The number of carbonyl (C=O) groups is 1. The highest BCUT2D eigenvalue weighted by Crippen LogP contribution is 2.30. The van der Waals surface area contributed by atoms with Crippen LogP contribution in [0.15, 0.2) is 36.4 Å². The van der Waals surface area contributed by atoms with Crippen LogP contribution in [0.1, 0.15) is 12.0 Å². The van der Waals surface area contributed by atoms with Crippen LogP contribution in [0.25, 0.3) is 10.8 Å². The molecule has 2 aromatic rings. The summed E-state index contributed by atoms with van der Waals surface area (Å²) in [4.78, 5) is 13.3. The predicted molar refractivity (Wildman–Crippen MR) is 87.8 cm³/mol. The normalized spacial score (nSPS) is 18.9. The summed E-state index contributed by atoms with van der Waals surface area (Å²) in [5, 5.41) is 11.4. The zero-order valence-electron chi connectivity index (χ0n) is 13.2. The van der Waals surface area contributed by atoms with Gasteiger partial charge in [-0.15, -0.1) is 0 Å². The summed E-state index contributed by atoms with van der Waals surface area (Å²) in [5.41, 5.74) is 1.10. The highest BCUT2D eigenvalue weighted by atomic mass is 16.5. The van der Waals surface area contributed by atoms with Gasteiger partial charge in [-0.1, -0.05) is 30.3 Å². The first-order valence-electron chi connectivity index (χ1n) is 7.77. The average Bonchev–Trinajstić information content (AvgIpc) is 2.56. The van der Waals surface area contributed by atoms with E-state index in [1.54, 1.807) is 7.11 Å². The lowest BCUT2D eigenvalue weighted by Crippen LogP contribution is -2.45. The molecule has 23 heavy (non-hydrogen) atoms. The van der Waals surface area contributed by atoms with Gasteiger partial charge in [0.15, 0.2) is 0 Å². The molecule has 0 bridgehead atoms. The van der Waals surface area contributed by atoms with Crippen LogP contribution < -0.4 is 4.74 Å². The van der Waals surface area contributed by atoms with Gasteiger partial charge >= 0.3 is 5.97 Å². The van der Waals surface area contributed by atoms with E-state index in [4.69, 9.17) is 14.6 Å². The van der Waals surface area contributed by atoms with E-state index < -0.39 is 5.97 Å². The van der Waals surface area contributed by atoms with Crippen LogP contribution in [0.2, 0.25) is 0 Å². The Kier molecular flexibility index (Phi) is 4.79. The maximum Gasteiger partial charge on any atom is 0.305 e. The number of carboxylic acid groups (broad SMARTS) is 1. The van der Waals surface area contributed by atoms with Crippen LogP contribution in [-0.4, -0.2) is 48.9 Å². The van der Waals surface area contributed by atoms with Crippen molar-refractivity contribution in [2.45, 2.75) is 19.0 Å². The van der Waals surface area contributed by atoms with Crippen molar-refractivity contribution in [1.82, 2.24) is 4.90 Å².